The number of hydrogen-bond acceptors (Lipinski definition) is 13. The minimum Gasteiger partial charge on any atom is -0.456 e. The van der Waals surface area contributed by atoms with Crippen LogP contribution in [-0.4, -0.2) is 123 Å². The first kappa shape index (κ1) is 22.3. The fourth-order valence-corrected chi connectivity index (χ4v) is 2.82. The fourth-order valence-electron chi connectivity index (χ4n) is 2.82. The van der Waals surface area contributed by atoms with E-state index in [1.165, 1.54) is 0 Å². The Morgan fingerprint density at radius 2 is 1.33 bits per heavy atom. The van der Waals surface area contributed by atoms with E-state index in [2.05, 4.69) is 0 Å². The summed E-state index contributed by atoms with van der Waals surface area (Å²) in [6, 6.07) is 0. The van der Waals surface area contributed by atoms with Crippen LogP contribution in [0.25, 0.3) is 0 Å². The van der Waals surface area contributed by atoms with Gasteiger partial charge in [0.15, 0.2) is 18.7 Å². The van der Waals surface area contributed by atoms with Gasteiger partial charge in [-0.05, 0) is 0 Å². The second-order valence-corrected chi connectivity index (χ2v) is 6.20. The van der Waals surface area contributed by atoms with E-state index in [0.717, 1.165) is 0 Å². The summed E-state index contributed by atoms with van der Waals surface area (Å²) in [4.78, 5) is 11.4. The fraction of sp³-hybridized carbons (Fsp3) is 0.929. The van der Waals surface area contributed by atoms with E-state index in [0.29, 0.717) is 0 Å². The molecule has 0 amide bonds. The van der Waals surface area contributed by atoms with Crippen molar-refractivity contribution in [1.82, 2.24) is 0 Å². The molecule has 0 unspecified atom stereocenters. The molecule has 158 valence electrons. The molecule has 0 aromatic carbocycles. The summed E-state index contributed by atoms with van der Waals surface area (Å²) in [6.07, 6.45) is -16.0. The Kier molecular flexibility index (Phi) is 7.84. The van der Waals surface area contributed by atoms with Crippen LogP contribution in [0, 0.1) is 0 Å². The average molecular weight is 399 g/mol. The highest BCUT2D eigenvalue weighted by Crippen LogP contribution is 2.29. The smallest absolute Gasteiger partial charge is 0.320 e. The molecule has 2 aliphatic heterocycles. The van der Waals surface area contributed by atoms with Crippen LogP contribution in [0.5, 0.6) is 0 Å². The first-order valence-corrected chi connectivity index (χ1v) is 8.23. The van der Waals surface area contributed by atoms with E-state index in [9.17, 15) is 40.5 Å². The van der Waals surface area contributed by atoms with Gasteiger partial charge in [0.25, 0.3) is 0 Å². The molecule has 0 bridgehead atoms. The number of nitrogens with two attached hydrogens (primary N) is 1. The quantitative estimate of drug-likeness (QED) is 0.195. The maximum absolute atomic E-state index is 11.4. The van der Waals surface area contributed by atoms with Crippen LogP contribution in [0.2, 0.25) is 0 Å². The number of aliphatic hydroxyl groups is 7. The summed E-state index contributed by atoms with van der Waals surface area (Å²) in [5.74, 6) is -0.941. The first-order valence-electron chi connectivity index (χ1n) is 8.23. The normalized spacial score (nSPS) is 45.5. The molecule has 2 aliphatic rings. The van der Waals surface area contributed by atoms with Gasteiger partial charge in [-0.15, -0.1) is 0 Å². The predicted octanol–water partition coefficient (Wildman–Crippen LogP) is -5.89. The summed E-state index contributed by atoms with van der Waals surface area (Å²) in [5.41, 5.74) is 5.13. The Hall–Kier alpha value is -0.970. The summed E-state index contributed by atoms with van der Waals surface area (Å²) >= 11 is 0. The van der Waals surface area contributed by atoms with E-state index in [4.69, 9.17) is 24.7 Å². The molecule has 0 radical (unpaired) electrons. The lowest BCUT2D eigenvalue weighted by Gasteiger charge is -2.45. The molecule has 2 saturated heterocycles. The number of rotatable bonds is 6. The van der Waals surface area contributed by atoms with Crippen molar-refractivity contribution in [1.29, 1.82) is 0 Å². The van der Waals surface area contributed by atoms with E-state index in [1.54, 1.807) is 0 Å². The SMILES string of the molecule is NCC(=O)O[C@@H]1[C@@H](O)[C@@H](O[C@H]2O[C@H](CO)[C@@H](O)[C@H](O)[C@H]2O)O[C@H](CO)[C@H]1O. The molecule has 10 atom stereocenters. The third-order valence-corrected chi connectivity index (χ3v) is 4.37. The zero-order valence-electron chi connectivity index (χ0n) is 14.1. The summed E-state index contributed by atoms with van der Waals surface area (Å²) in [5, 5.41) is 68.4. The molecule has 2 heterocycles. The van der Waals surface area contributed by atoms with Crippen molar-refractivity contribution in [3.05, 3.63) is 0 Å². The van der Waals surface area contributed by atoms with Crippen LogP contribution >= 0.6 is 0 Å². The molecule has 2 fully saturated rings. The van der Waals surface area contributed by atoms with Gasteiger partial charge in [0.1, 0.15) is 42.7 Å². The number of aliphatic hydroxyl groups excluding tert-OH is 7. The van der Waals surface area contributed by atoms with Gasteiger partial charge in [0.05, 0.1) is 19.8 Å². The number of carbonyl (C=O) groups excluding carboxylic acids is 1. The van der Waals surface area contributed by atoms with Gasteiger partial charge >= 0.3 is 5.97 Å². The van der Waals surface area contributed by atoms with Crippen LogP contribution in [-0.2, 0) is 23.7 Å². The lowest BCUT2D eigenvalue weighted by molar-refractivity contribution is -0.376. The molecular weight excluding hydrogens is 374 g/mol. The number of carbonyl (C=O) groups is 1. The highest BCUT2D eigenvalue weighted by atomic mass is 16.8. The van der Waals surface area contributed by atoms with Crippen LogP contribution in [0.4, 0.5) is 0 Å². The highest BCUT2D eigenvalue weighted by Gasteiger charge is 2.51. The number of esters is 1. The Balaban J connectivity index is 2.14. The summed E-state index contributed by atoms with van der Waals surface area (Å²) in [6.45, 7) is -1.95. The Bertz CT molecular complexity index is 493. The van der Waals surface area contributed by atoms with E-state index >= 15 is 0 Å². The number of hydrogen-bond donors (Lipinski definition) is 8. The van der Waals surface area contributed by atoms with Gasteiger partial charge in [0.2, 0.25) is 0 Å². The molecule has 0 aromatic heterocycles. The van der Waals surface area contributed by atoms with Crippen molar-refractivity contribution < 1.29 is 59.5 Å². The maximum atomic E-state index is 11.4. The second kappa shape index (κ2) is 9.49. The average Bonchev–Trinajstić information content (AvgIpc) is 2.67. The molecule has 0 aliphatic carbocycles. The molecule has 0 saturated carbocycles. The third-order valence-electron chi connectivity index (χ3n) is 4.37. The molecule has 2 rings (SSSR count). The van der Waals surface area contributed by atoms with E-state index < -0.39 is 87.1 Å². The molecule has 13 heteroatoms. The molecule has 27 heavy (non-hydrogen) atoms. The van der Waals surface area contributed by atoms with Crippen LogP contribution in [0.15, 0.2) is 0 Å². The third kappa shape index (κ3) is 4.72. The van der Waals surface area contributed by atoms with Crippen molar-refractivity contribution in [3.63, 3.8) is 0 Å². The minimum atomic E-state index is -1.77. The summed E-state index contributed by atoms with van der Waals surface area (Å²) in [7, 11) is 0. The van der Waals surface area contributed by atoms with E-state index in [1.807, 2.05) is 0 Å². The monoisotopic (exact) mass is 399 g/mol. The Morgan fingerprint density at radius 1 is 0.815 bits per heavy atom. The van der Waals surface area contributed by atoms with Crippen molar-refractivity contribution in [2.75, 3.05) is 19.8 Å². The first-order chi connectivity index (χ1) is 12.7. The van der Waals surface area contributed by atoms with Crippen LogP contribution < -0.4 is 5.73 Å². The van der Waals surface area contributed by atoms with Crippen LogP contribution in [0.1, 0.15) is 0 Å². The Morgan fingerprint density at radius 3 is 1.85 bits per heavy atom. The van der Waals surface area contributed by atoms with Gasteiger partial charge in [-0.3, -0.25) is 4.79 Å². The van der Waals surface area contributed by atoms with Crippen molar-refractivity contribution >= 4 is 5.97 Å². The zero-order chi connectivity index (χ0) is 20.3. The van der Waals surface area contributed by atoms with Crippen molar-refractivity contribution in [2.24, 2.45) is 5.73 Å². The van der Waals surface area contributed by atoms with Crippen molar-refractivity contribution in [3.8, 4) is 0 Å². The lowest BCUT2D eigenvalue weighted by Crippen LogP contribution is -2.64. The number of ether oxygens (including phenoxy) is 4. The van der Waals surface area contributed by atoms with Gasteiger partial charge in [-0.25, -0.2) is 0 Å². The minimum absolute atomic E-state index is 0.529. The molecular formula is C14H25NO12. The molecule has 13 nitrogen and oxygen atoms in total. The molecule has 0 aromatic rings. The predicted molar refractivity (Wildman–Crippen MR) is 81.5 cm³/mol. The van der Waals surface area contributed by atoms with E-state index in [-0.39, 0.29) is 0 Å². The van der Waals surface area contributed by atoms with Gasteiger partial charge in [-0.2, -0.15) is 0 Å². The van der Waals surface area contributed by atoms with Crippen LogP contribution in [0.3, 0.4) is 0 Å². The summed E-state index contributed by atoms with van der Waals surface area (Å²) < 4.78 is 20.5. The van der Waals surface area contributed by atoms with Gasteiger partial charge in [0, 0.05) is 0 Å². The van der Waals surface area contributed by atoms with Crippen molar-refractivity contribution in [2.45, 2.75) is 61.4 Å². The molecule has 9 N–H and O–H groups in total. The standard InChI is InChI=1S/C14H25NO12/c15-1-6(18)26-12-8(20)5(3-17)25-14(11(12)23)27-13-10(22)9(21)7(19)4(2-16)24-13/h4-5,7-14,16-17,19-23H,1-3,15H2/t4-,5-,7-,8-,9+,10-,11-,12+,13-,14-/m1/s1. The highest BCUT2D eigenvalue weighted by molar-refractivity contribution is 5.71. The largest absolute Gasteiger partial charge is 0.456 e. The van der Waals surface area contributed by atoms with Gasteiger partial charge < -0.3 is 60.4 Å². The molecule has 0 spiro atoms. The van der Waals surface area contributed by atoms with Gasteiger partial charge in [-0.1, -0.05) is 0 Å². The Labute approximate surface area is 153 Å². The second-order valence-electron chi connectivity index (χ2n) is 6.20. The maximum Gasteiger partial charge on any atom is 0.320 e. The lowest BCUT2D eigenvalue weighted by atomic mass is 9.98. The zero-order valence-corrected chi connectivity index (χ0v) is 14.1. The topological polar surface area (TPSA) is 222 Å².